The number of sulfonamides is 1. The molecule has 34 heavy (non-hydrogen) atoms. The lowest BCUT2D eigenvalue weighted by molar-refractivity contribution is -0.137. The summed E-state index contributed by atoms with van der Waals surface area (Å²) in [6, 6.07) is 9.89. The fraction of sp³-hybridized carbons (Fsp3) is 0.273. The molecule has 0 aliphatic rings. The van der Waals surface area contributed by atoms with Gasteiger partial charge in [-0.25, -0.2) is 8.42 Å². The van der Waals surface area contributed by atoms with Crippen LogP contribution >= 0.6 is 0 Å². The predicted molar refractivity (Wildman–Crippen MR) is 118 cm³/mol. The SMILES string of the molecule is CCOc1ccc(N(CC(=O)Nc2ccc(C(F)(F)F)cc2)S(=O)(=O)c2c(C)noc2C)cc1. The molecule has 12 heteroatoms. The number of ether oxygens (including phenoxy) is 1. The topological polar surface area (TPSA) is 102 Å². The molecule has 0 aliphatic heterocycles. The highest BCUT2D eigenvalue weighted by molar-refractivity contribution is 7.93. The van der Waals surface area contributed by atoms with E-state index in [4.69, 9.17) is 9.26 Å². The van der Waals surface area contributed by atoms with E-state index in [-0.39, 0.29) is 27.7 Å². The molecule has 0 fully saturated rings. The maximum atomic E-state index is 13.5. The van der Waals surface area contributed by atoms with E-state index in [9.17, 15) is 26.4 Å². The molecule has 1 heterocycles. The lowest BCUT2D eigenvalue weighted by Crippen LogP contribution is -2.38. The summed E-state index contributed by atoms with van der Waals surface area (Å²) in [5.74, 6) is -0.198. The molecular weight excluding hydrogens is 475 g/mol. The molecule has 0 saturated heterocycles. The summed E-state index contributed by atoms with van der Waals surface area (Å²) in [7, 11) is -4.28. The first-order chi connectivity index (χ1) is 15.9. The normalized spacial score (nSPS) is 11.8. The number of nitrogens with one attached hydrogen (secondary N) is 1. The molecule has 0 atom stereocenters. The number of alkyl halides is 3. The number of halogens is 3. The van der Waals surface area contributed by atoms with Crippen molar-refractivity contribution in [2.45, 2.75) is 31.8 Å². The van der Waals surface area contributed by atoms with E-state index >= 15 is 0 Å². The van der Waals surface area contributed by atoms with E-state index in [0.29, 0.717) is 12.4 Å². The zero-order chi connectivity index (χ0) is 25.1. The van der Waals surface area contributed by atoms with Crippen LogP contribution in [0, 0.1) is 13.8 Å². The fourth-order valence-corrected chi connectivity index (χ4v) is 4.93. The third kappa shape index (κ3) is 5.50. The number of anilines is 2. The van der Waals surface area contributed by atoms with Crippen molar-refractivity contribution in [3.63, 3.8) is 0 Å². The van der Waals surface area contributed by atoms with Crippen LogP contribution in [-0.2, 0) is 21.0 Å². The van der Waals surface area contributed by atoms with Crippen LogP contribution < -0.4 is 14.4 Å². The maximum Gasteiger partial charge on any atom is 0.416 e. The second-order valence-corrected chi connectivity index (χ2v) is 9.01. The molecule has 0 saturated carbocycles. The van der Waals surface area contributed by atoms with Crippen LogP contribution in [0.5, 0.6) is 5.75 Å². The summed E-state index contributed by atoms with van der Waals surface area (Å²) in [6.07, 6.45) is -4.52. The fourth-order valence-electron chi connectivity index (χ4n) is 3.22. The predicted octanol–water partition coefficient (Wildman–Crippen LogP) is 4.54. The van der Waals surface area contributed by atoms with Crippen LogP contribution in [0.15, 0.2) is 57.9 Å². The molecule has 0 radical (unpaired) electrons. The number of hydrogen-bond acceptors (Lipinski definition) is 6. The van der Waals surface area contributed by atoms with Crippen LogP contribution in [0.25, 0.3) is 0 Å². The maximum absolute atomic E-state index is 13.5. The van der Waals surface area contributed by atoms with Crippen molar-refractivity contribution in [2.75, 3.05) is 22.8 Å². The molecule has 0 bridgehead atoms. The van der Waals surface area contributed by atoms with E-state index in [1.807, 2.05) is 0 Å². The molecular formula is C22H22F3N3O5S. The summed E-state index contributed by atoms with van der Waals surface area (Å²) in [4.78, 5) is 12.6. The molecule has 1 aromatic heterocycles. The number of benzene rings is 2. The summed E-state index contributed by atoms with van der Waals surface area (Å²) < 4.78 is 76.5. The highest BCUT2D eigenvalue weighted by Crippen LogP contribution is 2.31. The minimum absolute atomic E-state index is 0.0524. The molecule has 2 aromatic carbocycles. The van der Waals surface area contributed by atoms with E-state index < -0.39 is 34.2 Å². The summed E-state index contributed by atoms with van der Waals surface area (Å²) >= 11 is 0. The van der Waals surface area contributed by atoms with Gasteiger partial charge in [0.05, 0.1) is 17.9 Å². The largest absolute Gasteiger partial charge is 0.494 e. The first kappa shape index (κ1) is 25.1. The molecule has 1 N–H and O–H groups in total. The van der Waals surface area contributed by atoms with Gasteiger partial charge in [0.25, 0.3) is 10.0 Å². The molecule has 0 unspecified atom stereocenters. The van der Waals surface area contributed by atoms with Crippen LogP contribution in [-0.4, -0.2) is 32.6 Å². The van der Waals surface area contributed by atoms with Gasteiger partial charge in [0.1, 0.15) is 18.0 Å². The van der Waals surface area contributed by atoms with Gasteiger partial charge >= 0.3 is 6.18 Å². The second kappa shape index (κ2) is 9.75. The number of carbonyl (C=O) groups is 1. The zero-order valence-corrected chi connectivity index (χ0v) is 19.3. The Balaban J connectivity index is 1.91. The number of aromatic nitrogens is 1. The second-order valence-electron chi connectivity index (χ2n) is 7.22. The van der Waals surface area contributed by atoms with Crippen molar-refractivity contribution >= 4 is 27.3 Å². The van der Waals surface area contributed by atoms with Gasteiger partial charge < -0.3 is 14.6 Å². The molecule has 8 nitrogen and oxygen atoms in total. The lowest BCUT2D eigenvalue weighted by atomic mass is 10.2. The Morgan fingerprint density at radius 1 is 1.09 bits per heavy atom. The summed E-state index contributed by atoms with van der Waals surface area (Å²) in [5.41, 5.74) is -0.496. The number of nitrogens with zero attached hydrogens (tertiary/aromatic N) is 2. The van der Waals surface area contributed by atoms with Gasteiger partial charge in [-0.15, -0.1) is 0 Å². The molecule has 3 aromatic rings. The van der Waals surface area contributed by atoms with E-state index in [1.165, 1.54) is 26.0 Å². The average Bonchev–Trinajstić information content (AvgIpc) is 3.11. The van der Waals surface area contributed by atoms with Crippen molar-refractivity contribution in [1.82, 2.24) is 5.16 Å². The summed E-state index contributed by atoms with van der Waals surface area (Å²) in [5, 5.41) is 6.10. The molecule has 3 rings (SSSR count). The minimum Gasteiger partial charge on any atom is -0.494 e. The minimum atomic E-state index is -4.52. The highest BCUT2D eigenvalue weighted by Gasteiger charge is 2.33. The number of hydrogen-bond donors (Lipinski definition) is 1. The van der Waals surface area contributed by atoms with Gasteiger partial charge in [0.15, 0.2) is 10.7 Å². The van der Waals surface area contributed by atoms with Crippen molar-refractivity contribution in [2.24, 2.45) is 0 Å². The van der Waals surface area contributed by atoms with Gasteiger partial charge in [-0.1, -0.05) is 5.16 Å². The van der Waals surface area contributed by atoms with Gasteiger partial charge in [-0.2, -0.15) is 13.2 Å². The summed E-state index contributed by atoms with van der Waals surface area (Å²) in [6.45, 7) is 4.46. The molecule has 0 spiro atoms. The average molecular weight is 497 g/mol. The number of rotatable bonds is 8. The number of carbonyl (C=O) groups excluding carboxylic acids is 1. The monoisotopic (exact) mass is 497 g/mol. The van der Waals surface area contributed by atoms with E-state index in [1.54, 1.807) is 19.1 Å². The van der Waals surface area contributed by atoms with Crippen molar-refractivity contribution in [3.05, 3.63) is 65.5 Å². The number of aryl methyl sites for hydroxylation is 2. The zero-order valence-electron chi connectivity index (χ0n) is 18.5. The van der Waals surface area contributed by atoms with Crippen LogP contribution in [0.3, 0.4) is 0 Å². The third-order valence-electron chi connectivity index (χ3n) is 4.73. The van der Waals surface area contributed by atoms with Crippen molar-refractivity contribution in [1.29, 1.82) is 0 Å². The number of amides is 1. The first-order valence-corrected chi connectivity index (χ1v) is 11.5. The van der Waals surface area contributed by atoms with E-state index in [2.05, 4.69) is 10.5 Å². The van der Waals surface area contributed by atoms with Crippen molar-refractivity contribution < 1.29 is 35.6 Å². The van der Waals surface area contributed by atoms with Crippen LogP contribution in [0.2, 0.25) is 0 Å². The smallest absolute Gasteiger partial charge is 0.416 e. The Kier molecular flexibility index (Phi) is 7.20. The Hall–Kier alpha value is -3.54. The third-order valence-corrected chi connectivity index (χ3v) is 6.75. The standard InChI is InChI=1S/C22H22F3N3O5S/c1-4-32-19-11-9-18(10-12-19)28(34(30,31)21-14(2)27-33-15(21)3)13-20(29)26-17-7-5-16(6-8-17)22(23,24)25/h5-12H,4,13H2,1-3H3,(H,26,29). The first-order valence-electron chi connectivity index (χ1n) is 10.1. The highest BCUT2D eigenvalue weighted by atomic mass is 32.2. The van der Waals surface area contributed by atoms with Gasteiger partial charge in [-0.05, 0) is 69.3 Å². The lowest BCUT2D eigenvalue weighted by Gasteiger charge is -2.24. The Morgan fingerprint density at radius 2 is 1.71 bits per heavy atom. The Bertz CT molecular complexity index is 1230. The van der Waals surface area contributed by atoms with Crippen LogP contribution in [0.4, 0.5) is 24.5 Å². The molecule has 1 amide bonds. The van der Waals surface area contributed by atoms with E-state index in [0.717, 1.165) is 28.6 Å². The Labute approximate surface area is 194 Å². The quantitative estimate of drug-likeness (QED) is 0.490. The molecule has 182 valence electrons. The van der Waals surface area contributed by atoms with Crippen molar-refractivity contribution in [3.8, 4) is 5.75 Å². The Morgan fingerprint density at radius 3 is 2.21 bits per heavy atom. The van der Waals surface area contributed by atoms with Gasteiger partial charge in [0, 0.05) is 5.69 Å². The van der Waals surface area contributed by atoms with Gasteiger partial charge in [-0.3, -0.25) is 9.10 Å². The van der Waals surface area contributed by atoms with Crippen LogP contribution in [0.1, 0.15) is 23.9 Å². The van der Waals surface area contributed by atoms with Gasteiger partial charge in [0.2, 0.25) is 5.91 Å². The molecule has 0 aliphatic carbocycles.